The molecule has 176 valence electrons. The van der Waals surface area contributed by atoms with Crippen LogP contribution in [-0.2, 0) is 14.3 Å². The average molecular weight is 501 g/mol. The minimum absolute atomic E-state index is 0.0692. The fourth-order valence-electron chi connectivity index (χ4n) is 3.51. The van der Waals surface area contributed by atoms with Crippen LogP contribution in [0.5, 0.6) is 0 Å². The van der Waals surface area contributed by atoms with Gasteiger partial charge in [-0.25, -0.2) is 9.48 Å². The quantitative estimate of drug-likeness (QED) is 0.350. The van der Waals surface area contributed by atoms with E-state index in [1.807, 2.05) is 6.92 Å². The molecule has 1 fully saturated rings. The molecule has 3 aromatic rings. The number of rotatable bonds is 7. The molecule has 1 aromatic heterocycles. The maximum Gasteiger partial charge on any atom is 0.343 e. The van der Waals surface area contributed by atoms with Gasteiger partial charge in [-0.05, 0) is 68.7 Å². The van der Waals surface area contributed by atoms with Gasteiger partial charge in [-0.3, -0.25) is 9.59 Å². The van der Waals surface area contributed by atoms with Crippen molar-refractivity contribution >= 4 is 52.5 Å². The van der Waals surface area contributed by atoms with Crippen molar-refractivity contribution in [3.8, 4) is 5.69 Å². The molecule has 0 bridgehead atoms. The number of aryl methyl sites for hydroxylation is 1. The number of halogens is 2. The number of carbonyl (C=O) groups is 3. The van der Waals surface area contributed by atoms with E-state index in [2.05, 4.69) is 15.7 Å². The van der Waals surface area contributed by atoms with Crippen molar-refractivity contribution < 1.29 is 19.1 Å². The monoisotopic (exact) mass is 500 g/mol. The summed E-state index contributed by atoms with van der Waals surface area (Å²) in [6.07, 6.45) is 2.05. The molecule has 4 rings (SSSR count). The van der Waals surface area contributed by atoms with Gasteiger partial charge in [-0.1, -0.05) is 29.3 Å². The van der Waals surface area contributed by atoms with Gasteiger partial charge in [0.1, 0.15) is 11.0 Å². The number of hydrogen-bond donors (Lipinski definition) is 2. The smallest absolute Gasteiger partial charge is 0.343 e. The second-order valence-electron chi connectivity index (χ2n) is 7.97. The van der Waals surface area contributed by atoms with Crippen molar-refractivity contribution in [2.75, 3.05) is 17.2 Å². The number of amides is 2. The van der Waals surface area contributed by atoms with Crippen molar-refractivity contribution in [2.24, 2.45) is 5.41 Å². The molecule has 0 spiro atoms. The first-order valence-corrected chi connectivity index (χ1v) is 11.4. The molecule has 2 amide bonds. The highest BCUT2D eigenvalue weighted by Gasteiger charge is 2.57. The van der Waals surface area contributed by atoms with Crippen LogP contribution in [0, 0.1) is 12.3 Å². The van der Waals surface area contributed by atoms with Crippen LogP contribution in [0.3, 0.4) is 0 Å². The molecule has 1 heterocycles. The Balaban J connectivity index is 1.62. The molecule has 0 aliphatic heterocycles. The maximum atomic E-state index is 13.3. The van der Waals surface area contributed by atoms with Gasteiger partial charge in [0.2, 0.25) is 11.8 Å². The molecule has 0 radical (unpaired) electrons. The third-order valence-electron chi connectivity index (χ3n) is 5.58. The van der Waals surface area contributed by atoms with Gasteiger partial charge in [0.15, 0.2) is 5.82 Å². The molecule has 34 heavy (non-hydrogen) atoms. The first kappa shape index (κ1) is 23.8. The Hall–Kier alpha value is -3.36. The minimum atomic E-state index is -1.26. The molecular weight excluding hydrogens is 479 g/mol. The fraction of sp³-hybridized carbons (Fsp3) is 0.250. The highest BCUT2D eigenvalue weighted by molar-refractivity contribution is 6.31. The van der Waals surface area contributed by atoms with Gasteiger partial charge in [0, 0.05) is 15.7 Å². The van der Waals surface area contributed by atoms with Crippen molar-refractivity contribution in [3.05, 3.63) is 69.8 Å². The van der Waals surface area contributed by atoms with Gasteiger partial charge in [0.25, 0.3) is 0 Å². The predicted octanol–water partition coefficient (Wildman–Crippen LogP) is 5.02. The summed E-state index contributed by atoms with van der Waals surface area (Å²) in [5.41, 5.74) is 0.688. The van der Waals surface area contributed by atoms with Crippen LogP contribution >= 0.6 is 23.2 Å². The van der Waals surface area contributed by atoms with Gasteiger partial charge in [0.05, 0.1) is 18.5 Å². The van der Waals surface area contributed by atoms with Crippen molar-refractivity contribution in [3.63, 3.8) is 0 Å². The van der Waals surface area contributed by atoms with Crippen molar-refractivity contribution in [2.45, 2.75) is 26.7 Å². The predicted molar refractivity (Wildman–Crippen MR) is 130 cm³/mol. The number of aromatic nitrogens is 2. The van der Waals surface area contributed by atoms with Gasteiger partial charge < -0.3 is 15.4 Å². The molecule has 1 saturated carbocycles. The molecule has 0 saturated heterocycles. The normalized spacial score (nSPS) is 13.8. The number of nitrogens with one attached hydrogen (secondary N) is 2. The summed E-state index contributed by atoms with van der Waals surface area (Å²) in [5, 5.41) is 10.8. The third-order valence-corrected chi connectivity index (χ3v) is 6.24. The Kier molecular flexibility index (Phi) is 6.63. The standard InChI is InChI=1S/C24H22Cl2N4O4/c1-3-34-21(31)18-13-27-30(17-6-4-5-15(25)12-17)20(18)29-23(33)24(9-10-24)22(32)28-16-7-8-19(26)14(2)11-16/h4-8,11-13H,3,9-10H2,1-2H3,(H,28,32)(H,29,33). The zero-order valence-corrected chi connectivity index (χ0v) is 20.0. The summed E-state index contributed by atoms with van der Waals surface area (Å²) < 4.78 is 6.49. The van der Waals surface area contributed by atoms with Crippen molar-refractivity contribution in [1.29, 1.82) is 0 Å². The Labute approximate surface area is 206 Å². The first-order valence-electron chi connectivity index (χ1n) is 10.7. The molecule has 1 aliphatic carbocycles. The third kappa shape index (κ3) is 4.64. The lowest BCUT2D eigenvalue weighted by molar-refractivity contribution is -0.131. The molecule has 1 aliphatic rings. The van der Waals surface area contributed by atoms with E-state index in [0.717, 1.165) is 5.56 Å². The summed E-state index contributed by atoms with van der Waals surface area (Å²) in [7, 11) is 0. The molecule has 2 aromatic carbocycles. The van der Waals surface area contributed by atoms with Crippen LogP contribution < -0.4 is 10.6 Å². The molecule has 0 unspecified atom stereocenters. The number of hydrogen-bond acceptors (Lipinski definition) is 5. The van der Waals surface area contributed by atoms with E-state index in [9.17, 15) is 14.4 Å². The summed E-state index contributed by atoms with van der Waals surface area (Å²) in [5.74, 6) is -1.51. The second kappa shape index (κ2) is 9.48. The summed E-state index contributed by atoms with van der Waals surface area (Å²) in [4.78, 5) is 38.9. The summed E-state index contributed by atoms with van der Waals surface area (Å²) >= 11 is 12.2. The van der Waals surface area contributed by atoms with E-state index in [4.69, 9.17) is 27.9 Å². The number of ether oxygens (including phenoxy) is 1. The van der Waals surface area contributed by atoms with E-state index >= 15 is 0 Å². The maximum absolute atomic E-state index is 13.3. The van der Waals surface area contributed by atoms with E-state index in [0.29, 0.717) is 34.3 Å². The van der Waals surface area contributed by atoms with Crippen LogP contribution in [0.2, 0.25) is 10.0 Å². The van der Waals surface area contributed by atoms with E-state index in [1.165, 1.54) is 10.9 Å². The second-order valence-corrected chi connectivity index (χ2v) is 8.82. The molecule has 0 atom stereocenters. The highest BCUT2D eigenvalue weighted by Crippen LogP contribution is 2.48. The summed E-state index contributed by atoms with van der Waals surface area (Å²) in [6, 6.07) is 11.9. The Bertz CT molecular complexity index is 1280. The zero-order chi connectivity index (χ0) is 24.5. The molecule has 8 nitrogen and oxygen atoms in total. The van der Waals surface area contributed by atoms with Crippen molar-refractivity contribution in [1.82, 2.24) is 9.78 Å². The van der Waals surface area contributed by atoms with Gasteiger partial charge in [-0.2, -0.15) is 5.10 Å². The van der Waals surface area contributed by atoms with Crippen LogP contribution in [0.1, 0.15) is 35.7 Å². The average Bonchev–Trinajstić information content (AvgIpc) is 3.52. The van der Waals surface area contributed by atoms with E-state index < -0.39 is 23.2 Å². The first-order chi connectivity index (χ1) is 16.2. The Morgan fingerprint density at radius 3 is 2.47 bits per heavy atom. The lowest BCUT2D eigenvalue weighted by atomic mass is 10.0. The Morgan fingerprint density at radius 2 is 1.82 bits per heavy atom. The minimum Gasteiger partial charge on any atom is -0.462 e. The number of anilines is 2. The molecule has 10 heteroatoms. The van der Waals surface area contributed by atoms with Crippen LogP contribution in [0.15, 0.2) is 48.7 Å². The fourth-order valence-corrected chi connectivity index (χ4v) is 3.82. The van der Waals surface area contributed by atoms with Gasteiger partial charge >= 0.3 is 5.97 Å². The van der Waals surface area contributed by atoms with Gasteiger partial charge in [-0.15, -0.1) is 0 Å². The SMILES string of the molecule is CCOC(=O)c1cnn(-c2cccc(Cl)c2)c1NC(=O)C1(C(=O)Nc2ccc(Cl)c(C)c2)CC1. The van der Waals surface area contributed by atoms with E-state index in [1.54, 1.807) is 49.4 Å². The number of carbonyl (C=O) groups excluding carboxylic acids is 3. The van der Waals surface area contributed by atoms with E-state index in [-0.39, 0.29) is 18.0 Å². The Morgan fingerprint density at radius 1 is 1.09 bits per heavy atom. The largest absolute Gasteiger partial charge is 0.462 e. The summed E-state index contributed by atoms with van der Waals surface area (Å²) in [6.45, 7) is 3.66. The van der Waals surface area contributed by atoms with Crippen LogP contribution in [-0.4, -0.2) is 34.2 Å². The zero-order valence-electron chi connectivity index (χ0n) is 18.5. The lowest BCUT2D eigenvalue weighted by Crippen LogP contribution is -2.36. The number of nitrogens with zero attached hydrogens (tertiary/aromatic N) is 2. The molecular formula is C24H22Cl2N4O4. The number of benzene rings is 2. The van der Waals surface area contributed by atoms with Crippen LogP contribution in [0.4, 0.5) is 11.5 Å². The lowest BCUT2D eigenvalue weighted by Gasteiger charge is -2.17. The molecule has 2 N–H and O–H groups in total. The topological polar surface area (TPSA) is 102 Å². The highest BCUT2D eigenvalue weighted by atomic mass is 35.5. The van der Waals surface area contributed by atoms with Crippen LogP contribution in [0.25, 0.3) is 5.69 Å². The number of esters is 1.